The number of hydrogen-bond donors (Lipinski definition) is 1. The molecular weight excluding hydrogens is 356 g/mol. The summed E-state index contributed by atoms with van der Waals surface area (Å²) in [7, 11) is 0. The zero-order valence-corrected chi connectivity index (χ0v) is 15.3. The third-order valence-electron chi connectivity index (χ3n) is 4.07. The number of nitrogens with zero attached hydrogens (tertiary/aromatic N) is 1. The molecule has 1 aliphatic rings. The van der Waals surface area contributed by atoms with Gasteiger partial charge in [-0.05, 0) is 36.8 Å². The number of fused-ring (bicyclic) bond motifs is 1. The second-order valence-corrected chi connectivity index (χ2v) is 6.38. The van der Waals surface area contributed by atoms with Gasteiger partial charge in [-0.1, -0.05) is 17.7 Å². The normalized spacial score (nSPS) is 12.0. The molecule has 1 heterocycles. The van der Waals surface area contributed by atoms with E-state index in [1.807, 2.05) is 13.0 Å². The van der Waals surface area contributed by atoms with Gasteiger partial charge in [-0.3, -0.25) is 9.59 Å². The van der Waals surface area contributed by atoms with Crippen molar-refractivity contribution < 1.29 is 19.1 Å². The minimum Gasteiger partial charge on any atom is -0.454 e. The molecule has 1 aliphatic heterocycles. The molecule has 6 nitrogen and oxygen atoms in total. The molecule has 0 aliphatic carbocycles. The minimum atomic E-state index is -0.197. The van der Waals surface area contributed by atoms with Crippen LogP contribution >= 0.6 is 11.6 Å². The summed E-state index contributed by atoms with van der Waals surface area (Å²) in [5.74, 6) is 0.880. The third-order valence-corrected chi connectivity index (χ3v) is 4.47. The molecule has 0 radical (unpaired) electrons. The average molecular weight is 375 g/mol. The van der Waals surface area contributed by atoms with Crippen LogP contribution in [0.1, 0.15) is 18.9 Å². The number of halogens is 1. The maximum Gasteiger partial charge on any atom is 0.231 e. The molecule has 2 aromatic carbocycles. The molecule has 0 fully saturated rings. The lowest BCUT2D eigenvalue weighted by atomic mass is 10.2. The summed E-state index contributed by atoms with van der Waals surface area (Å²) in [6.45, 7) is 3.77. The lowest BCUT2D eigenvalue weighted by molar-refractivity contribution is -0.117. The van der Waals surface area contributed by atoms with Crippen LogP contribution in [0.5, 0.6) is 11.5 Å². The van der Waals surface area contributed by atoms with E-state index in [0.717, 1.165) is 5.56 Å². The number of rotatable bonds is 5. The fraction of sp³-hybridized carbons (Fsp3) is 0.263. The predicted octanol–water partition coefficient (Wildman–Crippen LogP) is 3.76. The smallest absolute Gasteiger partial charge is 0.231 e. The van der Waals surface area contributed by atoms with Crippen LogP contribution in [0.4, 0.5) is 11.4 Å². The van der Waals surface area contributed by atoms with Crippen molar-refractivity contribution in [2.24, 2.45) is 0 Å². The minimum absolute atomic E-state index is 0.152. The molecule has 7 heteroatoms. The summed E-state index contributed by atoms with van der Waals surface area (Å²) in [4.78, 5) is 25.8. The third kappa shape index (κ3) is 4.08. The molecule has 1 N–H and O–H groups in total. The van der Waals surface area contributed by atoms with Crippen LogP contribution in [0, 0.1) is 6.92 Å². The first-order valence-corrected chi connectivity index (χ1v) is 8.55. The lowest BCUT2D eigenvalue weighted by Gasteiger charge is -2.21. The highest BCUT2D eigenvalue weighted by Gasteiger charge is 2.19. The van der Waals surface area contributed by atoms with Crippen LogP contribution in [0.2, 0.25) is 5.02 Å². The van der Waals surface area contributed by atoms with E-state index < -0.39 is 0 Å². The van der Waals surface area contributed by atoms with Gasteiger partial charge < -0.3 is 19.7 Å². The van der Waals surface area contributed by atoms with E-state index in [9.17, 15) is 9.59 Å². The molecule has 0 saturated heterocycles. The summed E-state index contributed by atoms with van der Waals surface area (Å²) in [5, 5.41) is 3.38. The molecule has 3 rings (SSSR count). The second kappa shape index (κ2) is 7.66. The van der Waals surface area contributed by atoms with Crippen LogP contribution < -0.4 is 19.7 Å². The van der Waals surface area contributed by atoms with Crippen molar-refractivity contribution >= 4 is 34.8 Å². The first-order valence-electron chi connectivity index (χ1n) is 8.18. The van der Waals surface area contributed by atoms with Gasteiger partial charge in [-0.2, -0.15) is 0 Å². The Kier molecular flexibility index (Phi) is 5.32. The zero-order valence-electron chi connectivity index (χ0n) is 14.5. The van der Waals surface area contributed by atoms with Crippen LogP contribution in [-0.4, -0.2) is 25.2 Å². The molecule has 0 unspecified atom stereocenters. The van der Waals surface area contributed by atoms with Gasteiger partial charge in [-0.25, -0.2) is 0 Å². The predicted molar refractivity (Wildman–Crippen MR) is 100 cm³/mol. The first kappa shape index (κ1) is 18.1. The van der Waals surface area contributed by atoms with Crippen molar-refractivity contribution in [2.45, 2.75) is 20.3 Å². The molecule has 2 amide bonds. The fourth-order valence-corrected chi connectivity index (χ4v) is 2.81. The Bertz CT molecular complexity index is 853. The Labute approximate surface area is 156 Å². The lowest BCUT2D eigenvalue weighted by Crippen LogP contribution is -2.31. The number of carbonyl (C=O) groups is 2. The number of aryl methyl sites for hydroxylation is 1. The summed E-state index contributed by atoms with van der Waals surface area (Å²) in [6.07, 6.45) is 0.152. The van der Waals surface area contributed by atoms with Crippen molar-refractivity contribution in [3.63, 3.8) is 0 Å². The summed E-state index contributed by atoms with van der Waals surface area (Å²) < 4.78 is 10.6. The van der Waals surface area contributed by atoms with Gasteiger partial charge >= 0.3 is 0 Å². The fourth-order valence-electron chi connectivity index (χ4n) is 2.63. The molecule has 26 heavy (non-hydrogen) atoms. The Morgan fingerprint density at radius 1 is 1.15 bits per heavy atom. The highest BCUT2D eigenvalue weighted by molar-refractivity contribution is 6.31. The van der Waals surface area contributed by atoms with E-state index >= 15 is 0 Å². The molecule has 0 bridgehead atoms. The van der Waals surface area contributed by atoms with Crippen LogP contribution in [0.15, 0.2) is 36.4 Å². The van der Waals surface area contributed by atoms with Crippen LogP contribution in [0.25, 0.3) is 0 Å². The number of anilines is 2. The topological polar surface area (TPSA) is 67.9 Å². The number of amides is 2. The van der Waals surface area contributed by atoms with Crippen molar-refractivity contribution in [3.8, 4) is 11.5 Å². The number of nitrogens with one attached hydrogen (secondary N) is 1. The van der Waals surface area contributed by atoms with E-state index in [0.29, 0.717) is 27.9 Å². The molecular formula is C19H19ClN2O4. The van der Waals surface area contributed by atoms with E-state index in [-0.39, 0.29) is 31.6 Å². The monoisotopic (exact) mass is 374 g/mol. The van der Waals surface area contributed by atoms with Gasteiger partial charge in [0.25, 0.3) is 0 Å². The Morgan fingerprint density at radius 3 is 2.65 bits per heavy atom. The maximum atomic E-state index is 12.2. The Hall–Kier alpha value is -2.73. The van der Waals surface area contributed by atoms with E-state index in [2.05, 4.69) is 5.32 Å². The van der Waals surface area contributed by atoms with Gasteiger partial charge in [0, 0.05) is 42.4 Å². The molecule has 0 atom stereocenters. The van der Waals surface area contributed by atoms with Gasteiger partial charge in [0.1, 0.15) is 0 Å². The molecule has 0 saturated carbocycles. The van der Waals surface area contributed by atoms with Crippen molar-refractivity contribution in [1.82, 2.24) is 0 Å². The molecule has 2 aromatic rings. The summed E-state index contributed by atoms with van der Waals surface area (Å²) >= 11 is 6.07. The quantitative estimate of drug-likeness (QED) is 0.865. The highest BCUT2D eigenvalue weighted by Crippen LogP contribution is 2.35. The Balaban J connectivity index is 1.64. The van der Waals surface area contributed by atoms with Crippen LogP contribution in [-0.2, 0) is 9.59 Å². The molecule has 0 spiro atoms. The standard InChI is InChI=1S/C19H19ClN2O4/c1-12-3-4-14(9-16(12)20)21-19(24)7-8-22(13(2)23)15-5-6-17-18(10-15)26-11-25-17/h3-6,9-10H,7-8,11H2,1-2H3,(H,21,24). The number of benzene rings is 2. The highest BCUT2D eigenvalue weighted by atomic mass is 35.5. The van der Waals surface area contributed by atoms with Gasteiger partial charge in [0.2, 0.25) is 18.6 Å². The number of ether oxygens (including phenoxy) is 2. The summed E-state index contributed by atoms with van der Waals surface area (Å²) in [5.41, 5.74) is 2.23. The van der Waals surface area contributed by atoms with Gasteiger partial charge in [0.15, 0.2) is 11.5 Å². The van der Waals surface area contributed by atoms with E-state index in [1.165, 1.54) is 11.8 Å². The SMILES string of the molecule is CC(=O)N(CCC(=O)Nc1ccc(C)c(Cl)c1)c1ccc2c(c1)OCO2. The van der Waals surface area contributed by atoms with Crippen molar-refractivity contribution in [1.29, 1.82) is 0 Å². The number of hydrogen-bond acceptors (Lipinski definition) is 4. The zero-order chi connectivity index (χ0) is 18.7. The molecule has 0 aromatic heterocycles. The largest absolute Gasteiger partial charge is 0.454 e. The van der Waals surface area contributed by atoms with E-state index in [1.54, 1.807) is 30.3 Å². The number of carbonyl (C=O) groups excluding carboxylic acids is 2. The first-order chi connectivity index (χ1) is 12.4. The van der Waals surface area contributed by atoms with E-state index in [4.69, 9.17) is 21.1 Å². The van der Waals surface area contributed by atoms with Crippen molar-refractivity contribution in [2.75, 3.05) is 23.6 Å². The average Bonchev–Trinajstić information content (AvgIpc) is 3.06. The Morgan fingerprint density at radius 2 is 1.92 bits per heavy atom. The summed E-state index contributed by atoms with van der Waals surface area (Å²) in [6, 6.07) is 10.6. The van der Waals surface area contributed by atoms with Gasteiger partial charge in [0.05, 0.1) is 0 Å². The second-order valence-electron chi connectivity index (χ2n) is 5.97. The van der Waals surface area contributed by atoms with Crippen LogP contribution in [0.3, 0.4) is 0 Å². The van der Waals surface area contributed by atoms with Crippen molar-refractivity contribution in [3.05, 3.63) is 47.0 Å². The maximum absolute atomic E-state index is 12.2. The van der Waals surface area contributed by atoms with Gasteiger partial charge in [-0.15, -0.1) is 0 Å². The molecule has 136 valence electrons.